The Labute approximate surface area is 79.7 Å². The van der Waals surface area contributed by atoms with Crippen molar-refractivity contribution in [2.75, 3.05) is 0 Å². The van der Waals surface area contributed by atoms with E-state index in [1.165, 1.54) is 13.0 Å². The van der Waals surface area contributed by atoms with Crippen LogP contribution in [0.1, 0.15) is 11.1 Å². The van der Waals surface area contributed by atoms with Gasteiger partial charge in [-0.3, -0.25) is 10.1 Å². The van der Waals surface area contributed by atoms with Gasteiger partial charge in [-0.2, -0.15) is 5.26 Å². The summed E-state index contributed by atoms with van der Waals surface area (Å²) in [6, 6.07) is 3.91. The number of rotatable bonds is 2. The second-order valence-corrected chi connectivity index (χ2v) is 2.80. The van der Waals surface area contributed by atoms with Gasteiger partial charge in [0.25, 0.3) is 5.69 Å². The monoisotopic (exact) mass is 194 g/mol. The minimum absolute atomic E-state index is 0.0234. The second-order valence-electron chi connectivity index (χ2n) is 2.80. The molecule has 1 rings (SSSR count). The highest BCUT2D eigenvalue weighted by Crippen LogP contribution is 2.21. The molecular formula is C9H7FN2O2. The Hall–Kier alpha value is -1.96. The molecule has 0 unspecified atom stereocenters. The first-order valence-electron chi connectivity index (χ1n) is 3.86. The van der Waals surface area contributed by atoms with Gasteiger partial charge >= 0.3 is 0 Å². The van der Waals surface area contributed by atoms with E-state index in [1.807, 2.05) is 6.07 Å². The molecule has 1 aromatic carbocycles. The summed E-state index contributed by atoms with van der Waals surface area (Å²) in [5.74, 6) is -0.649. The van der Waals surface area contributed by atoms with Crippen molar-refractivity contribution in [3.05, 3.63) is 39.2 Å². The highest BCUT2D eigenvalue weighted by Gasteiger charge is 2.13. The Balaban J connectivity index is 3.29. The van der Waals surface area contributed by atoms with Crippen molar-refractivity contribution < 1.29 is 9.31 Å². The molecule has 0 bridgehead atoms. The molecule has 0 heterocycles. The van der Waals surface area contributed by atoms with Crippen molar-refractivity contribution in [1.29, 1.82) is 5.26 Å². The molecule has 0 saturated heterocycles. The molecule has 0 N–H and O–H groups in total. The molecule has 0 aliphatic rings. The van der Waals surface area contributed by atoms with Crippen molar-refractivity contribution in [2.24, 2.45) is 0 Å². The Morgan fingerprint density at radius 2 is 2.29 bits per heavy atom. The van der Waals surface area contributed by atoms with Crippen LogP contribution in [0.15, 0.2) is 12.1 Å². The number of hydrogen-bond donors (Lipinski definition) is 0. The highest BCUT2D eigenvalue weighted by molar-refractivity contribution is 5.41. The summed E-state index contributed by atoms with van der Waals surface area (Å²) < 4.78 is 13.1. The largest absolute Gasteiger partial charge is 0.272 e. The zero-order chi connectivity index (χ0) is 10.7. The van der Waals surface area contributed by atoms with Crippen LogP contribution in [0.25, 0.3) is 0 Å². The van der Waals surface area contributed by atoms with Gasteiger partial charge in [0.15, 0.2) is 0 Å². The van der Waals surface area contributed by atoms with Crippen LogP contribution < -0.4 is 0 Å². The number of nitro benzene ring substituents is 1. The molecule has 72 valence electrons. The van der Waals surface area contributed by atoms with Crippen molar-refractivity contribution >= 4 is 5.69 Å². The van der Waals surface area contributed by atoms with E-state index >= 15 is 0 Å². The molecule has 14 heavy (non-hydrogen) atoms. The zero-order valence-electron chi connectivity index (χ0n) is 7.45. The number of halogens is 1. The van der Waals surface area contributed by atoms with Crippen LogP contribution >= 0.6 is 0 Å². The lowest BCUT2D eigenvalue weighted by molar-refractivity contribution is -0.385. The van der Waals surface area contributed by atoms with Crippen molar-refractivity contribution in [3.8, 4) is 6.07 Å². The van der Waals surface area contributed by atoms with Crippen molar-refractivity contribution in [2.45, 2.75) is 13.3 Å². The van der Waals surface area contributed by atoms with Gasteiger partial charge < -0.3 is 0 Å². The number of hydrogen-bond acceptors (Lipinski definition) is 3. The third-order valence-corrected chi connectivity index (χ3v) is 1.92. The maximum absolute atomic E-state index is 13.1. The maximum atomic E-state index is 13.1. The van der Waals surface area contributed by atoms with E-state index in [1.54, 1.807) is 0 Å². The molecule has 0 aromatic heterocycles. The second kappa shape index (κ2) is 3.83. The van der Waals surface area contributed by atoms with E-state index in [-0.39, 0.29) is 17.7 Å². The first kappa shape index (κ1) is 10.1. The first-order chi connectivity index (χ1) is 6.56. The van der Waals surface area contributed by atoms with Gasteiger partial charge in [-0.05, 0) is 18.1 Å². The standard InChI is InChI=1S/C9H7FN2O2/c1-6-7(2-3-11)4-8(12(13)14)5-9(6)10/h4-5H,2H2,1H3. The topological polar surface area (TPSA) is 66.9 Å². The molecule has 0 fully saturated rings. The third-order valence-electron chi connectivity index (χ3n) is 1.92. The molecule has 0 aliphatic carbocycles. The van der Waals surface area contributed by atoms with Crippen LogP contribution in [0.5, 0.6) is 0 Å². The van der Waals surface area contributed by atoms with Crippen LogP contribution in [0.3, 0.4) is 0 Å². The summed E-state index contributed by atoms with van der Waals surface area (Å²) in [5.41, 5.74) is 0.328. The fourth-order valence-corrected chi connectivity index (χ4v) is 1.09. The van der Waals surface area contributed by atoms with Gasteiger partial charge in [0, 0.05) is 6.07 Å². The molecule has 0 spiro atoms. The number of benzene rings is 1. The zero-order valence-corrected chi connectivity index (χ0v) is 7.45. The first-order valence-corrected chi connectivity index (χ1v) is 3.86. The molecule has 0 atom stereocenters. The summed E-state index contributed by atoms with van der Waals surface area (Å²) in [6.07, 6.45) is -0.0234. The van der Waals surface area contributed by atoms with E-state index < -0.39 is 10.7 Å². The van der Waals surface area contributed by atoms with E-state index in [0.717, 1.165) is 6.07 Å². The molecule has 0 radical (unpaired) electrons. The van der Waals surface area contributed by atoms with E-state index in [2.05, 4.69) is 0 Å². The predicted octanol–water partition coefficient (Wildman–Crippen LogP) is 2.11. The number of non-ortho nitro benzene ring substituents is 1. The Morgan fingerprint density at radius 3 is 2.79 bits per heavy atom. The van der Waals surface area contributed by atoms with E-state index in [9.17, 15) is 14.5 Å². The molecule has 5 heteroatoms. The minimum Gasteiger partial charge on any atom is -0.258 e. The molecule has 1 aromatic rings. The average Bonchev–Trinajstić information content (AvgIpc) is 2.12. The fraction of sp³-hybridized carbons (Fsp3) is 0.222. The van der Waals surface area contributed by atoms with Gasteiger partial charge in [-0.25, -0.2) is 4.39 Å². The summed E-state index contributed by atoms with van der Waals surface area (Å²) in [7, 11) is 0. The molecule has 0 aliphatic heterocycles. The summed E-state index contributed by atoms with van der Waals surface area (Å²) >= 11 is 0. The van der Waals surface area contributed by atoms with Gasteiger partial charge in [0.1, 0.15) is 5.82 Å². The highest BCUT2D eigenvalue weighted by atomic mass is 19.1. The van der Waals surface area contributed by atoms with Gasteiger partial charge in [-0.15, -0.1) is 0 Å². The van der Waals surface area contributed by atoms with Crippen LogP contribution in [-0.4, -0.2) is 4.92 Å². The normalized spacial score (nSPS) is 9.50. The fourth-order valence-electron chi connectivity index (χ4n) is 1.09. The van der Waals surface area contributed by atoms with E-state index in [0.29, 0.717) is 5.56 Å². The molecule has 4 nitrogen and oxygen atoms in total. The number of nitriles is 1. The number of nitro groups is 1. The van der Waals surface area contributed by atoms with Crippen LogP contribution in [-0.2, 0) is 6.42 Å². The summed E-state index contributed by atoms with van der Waals surface area (Å²) in [6.45, 7) is 1.49. The Bertz CT molecular complexity index is 424. The number of nitrogens with zero attached hydrogens (tertiary/aromatic N) is 2. The lowest BCUT2D eigenvalue weighted by Crippen LogP contribution is -1.96. The third kappa shape index (κ3) is 1.85. The quantitative estimate of drug-likeness (QED) is 0.534. The molecular weight excluding hydrogens is 187 g/mol. The van der Waals surface area contributed by atoms with Gasteiger partial charge in [0.2, 0.25) is 0 Å². The Kier molecular flexibility index (Phi) is 2.77. The lowest BCUT2D eigenvalue weighted by atomic mass is 10.1. The lowest BCUT2D eigenvalue weighted by Gasteiger charge is -2.02. The minimum atomic E-state index is -0.677. The van der Waals surface area contributed by atoms with Gasteiger partial charge in [0.05, 0.1) is 23.5 Å². The maximum Gasteiger partial charge on any atom is 0.272 e. The van der Waals surface area contributed by atoms with E-state index in [4.69, 9.17) is 5.26 Å². The van der Waals surface area contributed by atoms with Crippen LogP contribution in [0.4, 0.5) is 10.1 Å². The molecule has 0 amide bonds. The summed E-state index contributed by atoms with van der Waals surface area (Å²) in [5, 5.41) is 18.8. The van der Waals surface area contributed by atoms with Crippen molar-refractivity contribution in [1.82, 2.24) is 0 Å². The summed E-state index contributed by atoms with van der Waals surface area (Å²) in [4.78, 5) is 9.70. The smallest absolute Gasteiger partial charge is 0.258 e. The Morgan fingerprint density at radius 1 is 1.64 bits per heavy atom. The molecule has 0 saturated carbocycles. The van der Waals surface area contributed by atoms with Gasteiger partial charge in [-0.1, -0.05) is 0 Å². The van der Waals surface area contributed by atoms with Crippen LogP contribution in [0.2, 0.25) is 0 Å². The van der Waals surface area contributed by atoms with Crippen LogP contribution in [0, 0.1) is 34.2 Å². The predicted molar refractivity (Wildman–Crippen MR) is 47.1 cm³/mol. The average molecular weight is 194 g/mol. The SMILES string of the molecule is Cc1c(F)cc([N+](=O)[O-])cc1CC#N. The van der Waals surface area contributed by atoms with Crippen molar-refractivity contribution in [3.63, 3.8) is 0 Å².